The monoisotopic (exact) mass is 269 g/mol. The van der Waals surface area contributed by atoms with Crippen LogP contribution in [0.5, 0.6) is 0 Å². The second-order valence-electron chi connectivity index (χ2n) is 4.99. The van der Waals surface area contributed by atoms with E-state index in [9.17, 15) is 4.79 Å². The number of nitrogens with zero attached hydrogens (tertiary/aromatic N) is 1. The Balaban J connectivity index is 1.96. The molecule has 1 N–H and O–H groups in total. The number of rotatable bonds is 5. The molecule has 2 rings (SSSR count). The topological polar surface area (TPSA) is 33.0 Å². The summed E-state index contributed by atoms with van der Waals surface area (Å²) in [5.41, 5.74) is 3.26. The molecule has 3 nitrogen and oxygen atoms in total. The molecule has 0 bridgehead atoms. The van der Waals surface area contributed by atoms with Crippen molar-refractivity contribution < 1.29 is 9.36 Å². The van der Waals surface area contributed by atoms with Crippen molar-refractivity contribution in [3.8, 4) is 0 Å². The van der Waals surface area contributed by atoms with Gasteiger partial charge >= 0.3 is 0 Å². The molecule has 0 unspecified atom stereocenters. The van der Waals surface area contributed by atoms with Crippen LogP contribution in [0.4, 0.5) is 5.69 Å². The van der Waals surface area contributed by atoms with Gasteiger partial charge in [0.05, 0.1) is 0 Å². The Labute approximate surface area is 120 Å². The zero-order valence-corrected chi connectivity index (χ0v) is 12.1. The minimum atomic E-state index is -0.00691. The second kappa shape index (κ2) is 6.85. The number of anilines is 1. The Morgan fingerprint density at radius 1 is 1.15 bits per heavy atom. The maximum Gasteiger partial charge on any atom is 0.290 e. The van der Waals surface area contributed by atoms with E-state index < -0.39 is 0 Å². The Hall–Kier alpha value is -2.16. The Kier molecular flexibility index (Phi) is 4.88. The van der Waals surface area contributed by atoms with E-state index in [-0.39, 0.29) is 5.91 Å². The maximum absolute atomic E-state index is 12.0. The number of para-hydroxylation sites is 1. The molecule has 0 aliphatic rings. The molecule has 1 aromatic heterocycles. The first-order valence-electron chi connectivity index (χ1n) is 7.02. The number of aromatic nitrogens is 1. The Morgan fingerprint density at radius 3 is 2.50 bits per heavy atom. The number of hydrogen-bond acceptors (Lipinski definition) is 1. The molecule has 2 aromatic rings. The van der Waals surface area contributed by atoms with Gasteiger partial charge in [0.25, 0.3) is 5.91 Å². The van der Waals surface area contributed by atoms with Gasteiger partial charge in [-0.1, -0.05) is 31.5 Å². The lowest BCUT2D eigenvalue weighted by molar-refractivity contribution is -0.684. The fourth-order valence-corrected chi connectivity index (χ4v) is 2.12. The van der Waals surface area contributed by atoms with E-state index >= 15 is 0 Å². The molecule has 3 heteroatoms. The molecular formula is C17H21N2O+. The van der Waals surface area contributed by atoms with Crippen LogP contribution in [0.3, 0.4) is 0 Å². The molecular weight excluding hydrogens is 248 g/mol. The third kappa shape index (κ3) is 3.92. The van der Waals surface area contributed by atoms with Crippen LogP contribution >= 0.6 is 0 Å². The number of pyridine rings is 1. The van der Waals surface area contributed by atoms with Crippen LogP contribution < -0.4 is 9.88 Å². The molecule has 1 heterocycles. The predicted molar refractivity (Wildman–Crippen MR) is 80.4 cm³/mol. The lowest BCUT2D eigenvalue weighted by Crippen LogP contribution is -2.39. The van der Waals surface area contributed by atoms with Gasteiger partial charge in [-0.15, -0.1) is 0 Å². The number of benzene rings is 1. The molecule has 0 aliphatic carbocycles. The number of hydrogen-bond donors (Lipinski definition) is 1. The van der Waals surface area contributed by atoms with E-state index in [4.69, 9.17) is 0 Å². The molecule has 20 heavy (non-hydrogen) atoms. The van der Waals surface area contributed by atoms with Crippen molar-refractivity contribution in [2.75, 3.05) is 5.32 Å². The highest BCUT2D eigenvalue weighted by molar-refractivity contribution is 5.90. The zero-order valence-electron chi connectivity index (χ0n) is 12.1. The summed E-state index contributed by atoms with van der Waals surface area (Å²) < 4.78 is 1.90. The third-order valence-corrected chi connectivity index (χ3v) is 3.24. The van der Waals surface area contributed by atoms with Crippen LogP contribution in [0.15, 0.2) is 48.8 Å². The van der Waals surface area contributed by atoms with Gasteiger partial charge in [-0.25, -0.2) is 0 Å². The maximum atomic E-state index is 12.0. The first-order chi connectivity index (χ1) is 9.69. The molecule has 0 aliphatic heterocycles. The minimum absolute atomic E-state index is 0.00691. The molecule has 0 spiro atoms. The average molecular weight is 269 g/mol. The van der Waals surface area contributed by atoms with Gasteiger partial charge in [0.15, 0.2) is 12.4 Å². The van der Waals surface area contributed by atoms with Crippen molar-refractivity contribution in [3.63, 3.8) is 0 Å². The summed E-state index contributed by atoms with van der Waals surface area (Å²) in [6.07, 6.45) is 6.14. The van der Waals surface area contributed by atoms with Crippen molar-refractivity contribution in [1.82, 2.24) is 0 Å². The van der Waals surface area contributed by atoms with Gasteiger partial charge in [0.2, 0.25) is 6.54 Å². The summed E-state index contributed by atoms with van der Waals surface area (Å²) in [5.74, 6) is -0.00691. The molecule has 0 atom stereocenters. The molecule has 0 saturated heterocycles. The van der Waals surface area contributed by atoms with Gasteiger partial charge in [0, 0.05) is 17.8 Å². The number of nitrogens with one attached hydrogen (secondary N) is 1. The van der Waals surface area contributed by atoms with Crippen LogP contribution in [0.2, 0.25) is 0 Å². The van der Waals surface area contributed by atoms with Gasteiger partial charge in [-0.05, 0) is 30.5 Å². The van der Waals surface area contributed by atoms with Crippen LogP contribution in [-0.2, 0) is 17.8 Å². The molecule has 1 amide bonds. The summed E-state index contributed by atoms with van der Waals surface area (Å²) >= 11 is 0. The van der Waals surface area contributed by atoms with E-state index in [1.54, 1.807) is 0 Å². The Bertz CT molecular complexity index is 576. The summed E-state index contributed by atoms with van der Waals surface area (Å²) in [6, 6.07) is 11.9. The normalized spacial score (nSPS) is 10.3. The fraction of sp³-hybridized carbons (Fsp3) is 0.294. The highest BCUT2D eigenvalue weighted by Crippen LogP contribution is 2.12. The number of aryl methyl sites for hydroxylation is 2. The van der Waals surface area contributed by atoms with Gasteiger partial charge in [-0.3, -0.25) is 4.79 Å². The van der Waals surface area contributed by atoms with Crippen molar-refractivity contribution in [1.29, 1.82) is 0 Å². The SMILES string of the molecule is CCCc1cc[n+](CC(=O)Nc2ccccc2C)cc1. The number of carbonyl (C=O) groups excluding carboxylic acids is 1. The molecule has 0 fully saturated rings. The van der Waals surface area contributed by atoms with Crippen molar-refractivity contribution in [3.05, 3.63) is 59.9 Å². The van der Waals surface area contributed by atoms with Crippen molar-refractivity contribution >= 4 is 11.6 Å². The summed E-state index contributed by atoms with van der Waals surface area (Å²) in [4.78, 5) is 12.0. The zero-order chi connectivity index (χ0) is 14.4. The van der Waals surface area contributed by atoms with Gasteiger partial charge in [0.1, 0.15) is 0 Å². The van der Waals surface area contributed by atoms with E-state index in [1.165, 1.54) is 5.56 Å². The number of carbonyl (C=O) groups is 1. The van der Waals surface area contributed by atoms with Crippen LogP contribution in [0.1, 0.15) is 24.5 Å². The quantitative estimate of drug-likeness (QED) is 0.832. The molecule has 0 radical (unpaired) electrons. The van der Waals surface area contributed by atoms with E-state index in [1.807, 2.05) is 48.1 Å². The first-order valence-corrected chi connectivity index (χ1v) is 7.02. The first kappa shape index (κ1) is 14.3. The molecule has 0 saturated carbocycles. The highest BCUT2D eigenvalue weighted by atomic mass is 16.1. The number of amides is 1. The van der Waals surface area contributed by atoms with Gasteiger partial charge in [-0.2, -0.15) is 4.57 Å². The second-order valence-corrected chi connectivity index (χ2v) is 4.99. The Morgan fingerprint density at radius 2 is 1.85 bits per heavy atom. The van der Waals surface area contributed by atoms with E-state index in [2.05, 4.69) is 24.4 Å². The highest BCUT2D eigenvalue weighted by Gasteiger charge is 2.10. The summed E-state index contributed by atoms with van der Waals surface area (Å²) in [6.45, 7) is 4.49. The van der Waals surface area contributed by atoms with Crippen LogP contribution in [0.25, 0.3) is 0 Å². The predicted octanol–water partition coefficient (Wildman–Crippen LogP) is 2.87. The average Bonchev–Trinajstić information content (AvgIpc) is 2.44. The van der Waals surface area contributed by atoms with Gasteiger partial charge < -0.3 is 5.32 Å². The minimum Gasteiger partial charge on any atom is -0.320 e. The molecule has 1 aromatic carbocycles. The summed E-state index contributed by atoms with van der Waals surface area (Å²) in [7, 11) is 0. The van der Waals surface area contributed by atoms with Crippen LogP contribution in [-0.4, -0.2) is 5.91 Å². The third-order valence-electron chi connectivity index (χ3n) is 3.24. The summed E-state index contributed by atoms with van der Waals surface area (Å²) in [5, 5.41) is 2.94. The lowest BCUT2D eigenvalue weighted by Gasteiger charge is -2.06. The van der Waals surface area contributed by atoms with E-state index in [0.29, 0.717) is 6.54 Å². The lowest BCUT2D eigenvalue weighted by atomic mass is 10.1. The fourth-order valence-electron chi connectivity index (χ4n) is 2.12. The van der Waals surface area contributed by atoms with Crippen molar-refractivity contribution in [2.45, 2.75) is 33.2 Å². The van der Waals surface area contributed by atoms with E-state index in [0.717, 1.165) is 24.1 Å². The smallest absolute Gasteiger partial charge is 0.290 e. The molecule has 104 valence electrons. The van der Waals surface area contributed by atoms with Crippen LogP contribution in [0, 0.1) is 6.92 Å². The van der Waals surface area contributed by atoms with Crippen molar-refractivity contribution in [2.24, 2.45) is 0 Å². The largest absolute Gasteiger partial charge is 0.320 e. The standard InChI is InChI=1S/C17H20N2O/c1-3-6-15-9-11-19(12-10-15)13-17(20)18-16-8-5-4-7-14(16)2/h4-5,7-12H,3,6,13H2,1-2H3/p+1.